The van der Waals surface area contributed by atoms with E-state index in [0.717, 1.165) is 38.5 Å². The molecule has 0 aliphatic heterocycles. The molecule has 0 radical (unpaired) electrons. The van der Waals surface area contributed by atoms with E-state index in [2.05, 4.69) is 20.1 Å². The molecule has 0 aromatic carbocycles. The lowest BCUT2D eigenvalue weighted by Gasteiger charge is -2.56. The van der Waals surface area contributed by atoms with Crippen molar-refractivity contribution in [3.8, 4) is 0 Å². The van der Waals surface area contributed by atoms with E-state index in [4.69, 9.17) is 0 Å². The highest BCUT2D eigenvalue weighted by Gasteiger charge is 2.54. The lowest BCUT2D eigenvalue weighted by molar-refractivity contribution is -0.146. The Morgan fingerprint density at radius 3 is 2.88 bits per heavy atom. The SMILES string of the molecule is C=CC[C@]1(C)CCC(=C)[C@H]2CCCC[C@@]21O. The van der Waals surface area contributed by atoms with Gasteiger partial charge in [-0.15, -0.1) is 6.58 Å². The van der Waals surface area contributed by atoms with Gasteiger partial charge in [0.1, 0.15) is 0 Å². The lowest BCUT2D eigenvalue weighted by atomic mass is 9.52. The minimum Gasteiger partial charge on any atom is -0.389 e. The molecule has 2 saturated carbocycles. The number of rotatable bonds is 2. The lowest BCUT2D eigenvalue weighted by Crippen LogP contribution is -2.56. The number of allylic oxidation sites excluding steroid dienone is 1. The van der Waals surface area contributed by atoms with Crippen LogP contribution in [0.4, 0.5) is 0 Å². The van der Waals surface area contributed by atoms with Crippen LogP contribution in [0.5, 0.6) is 0 Å². The number of hydrogen-bond donors (Lipinski definition) is 1. The molecule has 2 fully saturated rings. The minimum atomic E-state index is -0.519. The minimum absolute atomic E-state index is 0.0149. The van der Waals surface area contributed by atoms with E-state index in [-0.39, 0.29) is 5.41 Å². The third-order valence-electron chi connectivity index (χ3n) is 5.01. The van der Waals surface area contributed by atoms with Crippen molar-refractivity contribution in [2.24, 2.45) is 11.3 Å². The fraction of sp³-hybridized carbons (Fsp3) is 0.733. The van der Waals surface area contributed by atoms with Crippen molar-refractivity contribution in [1.82, 2.24) is 0 Å². The Balaban J connectivity index is 2.34. The molecule has 1 nitrogen and oxygen atoms in total. The Bertz CT molecular complexity index is 307. The van der Waals surface area contributed by atoms with E-state index >= 15 is 0 Å². The standard InChI is InChI=1S/C15H24O/c1-4-9-14(3)11-8-12(2)13-7-5-6-10-15(13,14)16/h4,13,16H,1-2,5-11H2,3H3/t13-,14-,15-/m1/s1. The van der Waals surface area contributed by atoms with Gasteiger partial charge in [0.05, 0.1) is 5.60 Å². The van der Waals surface area contributed by atoms with Gasteiger partial charge in [-0.1, -0.05) is 38.0 Å². The van der Waals surface area contributed by atoms with Gasteiger partial charge >= 0.3 is 0 Å². The van der Waals surface area contributed by atoms with E-state index in [0.29, 0.717) is 5.92 Å². The van der Waals surface area contributed by atoms with Gasteiger partial charge in [-0.05, 0) is 32.1 Å². The Labute approximate surface area is 99.3 Å². The van der Waals surface area contributed by atoms with Gasteiger partial charge in [-0.25, -0.2) is 0 Å². The molecule has 0 amide bonds. The molecule has 1 N–H and O–H groups in total. The summed E-state index contributed by atoms with van der Waals surface area (Å²) >= 11 is 0. The second-order valence-corrected chi connectivity index (χ2v) is 5.93. The molecule has 0 unspecified atom stereocenters. The maximum absolute atomic E-state index is 11.1. The molecule has 0 aromatic heterocycles. The molecule has 0 bridgehead atoms. The largest absolute Gasteiger partial charge is 0.389 e. The molecule has 90 valence electrons. The Hall–Kier alpha value is -0.560. The first-order chi connectivity index (χ1) is 7.53. The van der Waals surface area contributed by atoms with Crippen molar-refractivity contribution in [1.29, 1.82) is 0 Å². The third kappa shape index (κ3) is 1.57. The van der Waals surface area contributed by atoms with Gasteiger partial charge in [0.25, 0.3) is 0 Å². The first-order valence-electron chi connectivity index (χ1n) is 6.54. The third-order valence-corrected chi connectivity index (χ3v) is 5.01. The predicted octanol–water partition coefficient (Wildman–Crippen LogP) is 3.84. The maximum atomic E-state index is 11.1. The van der Waals surface area contributed by atoms with E-state index in [1.807, 2.05) is 6.08 Å². The molecule has 0 aromatic rings. The van der Waals surface area contributed by atoms with Gasteiger partial charge in [-0.2, -0.15) is 0 Å². The Morgan fingerprint density at radius 1 is 1.44 bits per heavy atom. The first kappa shape index (κ1) is 11.9. The van der Waals surface area contributed by atoms with Crippen molar-refractivity contribution in [3.05, 3.63) is 24.8 Å². The summed E-state index contributed by atoms with van der Waals surface area (Å²) in [4.78, 5) is 0. The van der Waals surface area contributed by atoms with Crippen LogP contribution in [0.3, 0.4) is 0 Å². The zero-order chi connectivity index (χ0) is 11.8. The molecule has 1 heteroatoms. The zero-order valence-corrected chi connectivity index (χ0v) is 10.5. The molecule has 2 rings (SSSR count). The molecule has 0 saturated heterocycles. The van der Waals surface area contributed by atoms with E-state index < -0.39 is 5.60 Å². The summed E-state index contributed by atoms with van der Waals surface area (Å²) in [6.45, 7) is 10.3. The predicted molar refractivity (Wildman–Crippen MR) is 68.2 cm³/mol. The summed E-state index contributed by atoms with van der Waals surface area (Å²) in [5.74, 6) is 0.333. The monoisotopic (exact) mass is 220 g/mol. The van der Waals surface area contributed by atoms with Crippen LogP contribution in [-0.2, 0) is 0 Å². The van der Waals surface area contributed by atoms with E-state index in [1.165, 1.54) is 12.0 Å². The topological polar surface area (TPSA) is 20.2 Å². The van der Waals surface area contributed by atoms with Crippen LogP contribution in [0.2, 0.25) is 0 Å². The smallest absolute Gasteiger partial charge is 0.0768 e. The summed E-state index contributed by atoms with van der Waals surface area (Å²) in [7, 11) is 0. The van der Waals surface area contributed by atoms with Gasteiger partial charge in [-0.3, -0.25) is 0 Å². The zero-order valence-electron chi connectivity index (χ0n) is 10.5. The molecular formula is C15H24O. The molecular weight excluding hydrogens is 196 g/mol. The number of aliphatic hydroxyl groups is 1. The first-order valence-corrected chi connectivity index (χ1v) is 6.54. The van der Waals surface area contributed by atoms with E-state index in [1.54, 1.807) is 0 Å². The van der Waals surface area contributed by atoms with Gasteiger partial charge in [0.15, 0.2) is 0 Å². The van der Waals surface area contributed by atoms with Crippen molar-refractivity contribution in [2.75, 3.05) is 0 Å². The van der Waals surface area contributed by atoms with Crippen molar-refractivity contribution in [2.45, 2.75) is 57.5 Å². The highest BCUT2D eigenvalue weighted by molar-refractivity contribution is 5.20. The summed E-state index contributed by atoms with van der Waals surface area (Å²) in [5.41, 5.74) is 0.777. The van der Waals surface area contributed by atoms with Crippen molar-refractivity contribution in [3.63, 3.8) is 0 Å². The van der Waals surface area contributed by atoms with Crippen LogP contribution in [0, 0.1) is 11.3 Å². The molecule has 2 aliphatic carbocycles. The molecule has 0 spiro atoms. The number of hydrogen-bond acceptors (Lipinski definition) is 1. The van der Waals surface area contributed by atoms with Gasteiger partial charge in [0.2, 0.25) is 0 Å². The molecule has 2 aliphatic rings. The molecule has 16 heavy (non-hydrogen) atoms. The van der Waals surface area contributed by atoms with Crippen LogP contribution in [0.1, 0.15) is 51.9 Å². The van der Waals surface area contributed by atoms with Crippen LogP contribution >= 0.6 is 0 Å². The van der Waals surface area contributed by atoms with Crippen molar-refractivity contribution >= 4 is 0 Å². The second-order valence-electron chi connectivity index (χ2n) is 5.93. The van der Waals surface area contributed by atoms with Crippen molar-refractivity contribution < 1.29 is 5.11 Å². The highest BCUT2D eigenvalue weighted by Crippen LogP contribution is 2.56. The Morgan fingerprint density at radius 2 is 2.19 bits per heavy atom. The highest BCUT2D eigenvalue weighted by atomic mass is 16.3. The average molecular weight is 220 g/mol. The normalized spacial score (nSPS) is 43.9. The average Bonchev–Trinajstić information content (AvgIpc) is 2.25. The second kappa shape index (κ2) is 4.03. The van der Waals surface area contributed by atoms with E-state index in [9.17, 15) is 5.11 Å². The maximum Gasteiger partial charge on any atom is 0.0768 e. The summed E-state index contributed by atoms with van der Waals surface area (Å²) in [6, 6.07) is 0. The van der Waals surface area contributed by atoms with Crippen LogP contribution in [0.25, 0.3) is 0 Å². The fourth-order valence-corrected chi connectivity index (χ4v) is 3.84. The molecule has 3 atom stereocenters. The molecule has 0 heterocycles. The van der Waals surface area contributed by atoms with Crippen LogP contribution < -0.4 is 0 Å². The van der Waals surface area contributed by atoms with Crippen LogP contribution in [0.15, 0.2) is 24.8 Å². The fourth-order valence-electron chi connectivity index (χ4n) is 3.84. The summed E-state index contributed by atoms with van der Waals surface area (Å²) in [5, 5.41) is 11.1. The van der Waals surface area contributed by atoms with Gasteiger partial charge < -0.3 is 5.11 Å². The van der Waals surface area contributed by atoms with Crippen LogP contribution in [-0.4, -0.2) is 10.7 Å². The van der Waals surface area contributed by atoms with Gasteiger partial charge in [0, 0.05) is 11.3 Å². The summed E-state index contributed by atoms with van der Waals surface area (Å²) in [6.07, 6.45) is 9.51. The quantitative estimate of drug-likeness (QED) is 0.701. The summed E-state index contributed by atoms with van der Waals surface area (Å²) < 4.78 is 0. The number of fused-ring (bicyclic) bond motifs is 1. The Kier molecular flexibility index (Phi) is 3.00.